The SMILES string of the molecule is CN(Cc1ccccc1)c1oc(-c2ccc(Cl)cc2)nc1S(=O)(=O)c1ccccc1. The summed E-state index contributed by atoms with van der Waals surface area (Å²) in [5.74, 6) is 0.406. The van der Waals surface area contributed by atoms with Gasteiger partial charge in [0, 0.05) is 24.2 Å². The van der Waals surface area contributed by atoms with Gasteiger partial charge < -0.3 is 9.32 Å². The predicted molar refractivity (Wildman–Crippen MR) is 117 cm³/mol. The summed E-state index contributed by atoms with van der Waals surface area (Å²) in [6.07, 6.45) is 0. The summed E-state index contributed by atoms with van der Waals surface area (Å²) in [5.41, 5.74) is 1.66. The lowest BCUT2D eigenvalue weighted by molar-refractivity contribution is 0.554. The maximum Gasteiger partial charge on any atom is 0.236 e. The number of halogens is 1. The number of oxazole rings is 1. The first-order chi connectivity index (χ1) is 14.4. The van der Waals surface area contributed by atoms with E-state index in [0.717, 1.165) is 5.56 Å². The van der Waals surface area contributed by atoms with E-state index in [-0.39, 0.29) is 21.7 Å². The normalized spacial score (nSPS) is 11.4. The summed E-state index contributed by atoms with van der Waals surface area (Å²) in [6, 6.07) is 24.9. The number of sulfone groups is 1. The van der Waals surface area contributed by atoms with Crippen molar-refractivity contribution in [2.45, 2.75) is 16.5 Å². The number of anilines is 1. The lowest BCUT2D eigenvalue weighted by atomic mass is 10.2. The van der Waals surface area contributed by atoms with E-state index in [0.29, 0.717) is 17.1 Å². The van der Waals surface area contributed by atoms with E-state index in [9.17, 15) is 8.42 Å². The summed E-state index contributed by atoms with van der Waals surface area (Å²) < 4.78 is 32.7. The molecule has 0 atom stereocenters. The van der Waals surface area contributed by atoms with Gasteiger partial charge in [-0.15, -0.1) is 0 Å². The van der Waals surface area contributed by atoms with Gasteiger partial charge in [-0.2, -0.15) is 4.98 Å². The van der Waals surface area contributed by atoms with Crippen molar-refractivity contribution in [3.05, 3.63) is 95.5 Å². The van der Waals surface area contributed by atoms with Crippen LogP contribution in [-0.4, -0.2) is 20.4 Å². The van der Waals surface area contributed by atoms with Crippen molar-refractivity contribution >= 4 is 27.3 Å². The molecule has 0 radical (unpaired) electrons. The third-order valence-corrected chi connectivity index (χ3v) is 6.51. The van der Waals surface area contributed by atoms with Crippen molar-refractivity contribution < 1.29 is 12.8 Å². The van der Waals surface area contributed by atoms with Gasteiger partial charge in [0.2, 0.25) is 26.6 Å². The second-order valence-electron chi connectivity index (χ2n) is 6.79. The van der Waals surface area contributed by atoms with Crippen molar-refractivity contribution in [1.82, 2.24) is 4.98 Å². The zero-order valence-electron chi connectivity index (χ0n) is 16.2. The third kappa shape index (κ3) is 4.10. The van der Waals surface area contributed by atoms with Gasteiger partial charge in [-0.05, 0) is 42.0 Å². The van der Waals surface area contributed by atoms with Gasteiger partial charge in [-0.1, -0.05) is 60.1 Å². The van der Waals surface area contributed by atoms with E-state index in [4.69, 9.17) is 16.0 Å². The first kappa shape index (κ1) is 20.2. The van der Waals surface area contributed by atoms with Crippen LogP contribution in [0.5, 0.6) is 0 Å². The largest absolute Gasteiger partial charge is 0.419 e. The minimum Gasteiger partial charge on any atom is -0.419 e. The molecule has 1 aromatic heterocycles. The minimum absolute atomic E-state index is 0.114. The van der Waals surface area contributed by atoms with Crippen LogP contribution in [0, 0.1) is 0 Å². The molecule has 7 heteroatoms. The van der Waals surface area contributed by atoms with Crippen LogP contribution in [0.25, 0.3) is 11.5 Å². The highest BCUT2D eigenvalue weighted by Crippen LogP contribution is 2.35. The lowest BCUT2D eigenvalue weighted by Crippen LogP contribution is -2.18. The maximum absolute atomic E-state index is 13.3. The zero-order valence-corrected chi connectivity index (χ0v) is 17.8. The highest BCUT2D eigenvalue weighted by atomic mass is 35.5. The molecule has 4 aromatic rings. The number of nitrogens with zero attached hydrogens (tertiary/aromatic N) is 2. The molecule has 4 rings (SSSR count). The van der Waals surface area contributed by atoms with Gasteiger partial charge in [0.25, 0.3) is 0 Å². The Morgan fingerprint density at radius 3 is 2.13 bits per heavy atom. The number of benzene rings is 3. The van der Waals surface area contributed by atoms with Crippen LogP contribution in [0.4, 0.5) is 5.88 Å². The molecule has 0 aliphatic carbocycles. The Balaban J connectivity index is 1.81. The van der Waals surface area contributed by atoms with E-state index in [1.54, 1.807) is 66.5 Å². The Bertz CT molecular complexity index is 1240. The first-order valence-corrected chi connectivity index (χ1v) is 11.1. The lowest BCUT2D eigenvalue weighted by Gasteiger charge is -2.17. The Kier molecular flexibility index (Phi) is 5.61. The van der Waals surface area contributed by atoms with Crippen LogP contribution in [0.1, 0.15) is 5.56 Å². The molecule has 30 heavy (non-hydrogen) atoms. The monoisotopic (exact) mass is 438 g/mol. The van der Waals surface area contributed by atoms with E-state index in [1.165, 1.54) is 0 Å². The molecular weight excluding hydrogens is 420 g/mol. The van der Waals surface area contributed by atoms with Crippen LogP contribution in [0.15, 0.2) is 99.3 Å². The van der Waals surface area contributed by atoms with E-state index in [2.05, 4.69) is 4.98 Å². The quantitative estimate of drug-likeness (QED) is 0.399. The second-order valence-corrected chi connectivity index (χ2v) is 9.10. The van der Waals surface area contributed by atoms with Gasteiger partial charge >= 0.3 is 0 Å². The molecule has 0 aliphatic rings. The highest BCUT2D eigenvalue weighted by Gasteiger charge is 2.30. The molecule has 0 bridgehead atoms. The van der Waals surface area contributed by atoms with Gasteiger partial charge in [0.1, 0.15) is 0 Å². The molecule has 152 valence electrons. The fraction of sp³-hybridized carbons (Fsp3) is 0.0870. The molecule has 0 amide bonds. The van der Waals surface area contributed by atoms with Gasteiger partial charge in [0.05, 0.1) is 4.90 Å². The highest BCUT2D eigenvalue weighted by molar-refractivity contribution is 7.91. The van der Waals surface area contributed by atoms with Crippen LogP contribution >= 0.6 is 11.6 Å². The van der Waals surface area contributed by atoms with Crippen molar-refractivity contribution in [3.63, 3.8) is 0 Å². The van der Waals surface area contributed by atoms with E-state index in [1.807, 2.05) is 30.3 Å². The topological polar surface area (TPSA) is 63.4 Å². The average molecular weight is 439 g/mol. The summed E-state index contributed by atoms with van der Waals surface area (Å²) >= 11 is 5.97. The molecular formula is C23H19ClN2O3S. The zero-order chi connectivity index (χ0) is 21.1. The molecule has 5 nitrogen and oxygen atoms in total. The Morgan fingerprint density at radius 1 is 0.900 bits per heavy atom. The molecule has 3 aromatic carbocycles. The molecule has 0 saturated carbocycles. The molecule has 1 heterocycles. The van der Waals surface area contributed by atoms with E-state index < -0.39 is 9.84 Å². The van der Waals surface area contributed by atoms with Crippen LogP contribution < -0.4 is 4.90 Å². The molecule has 0 unspecified atom stereocenters. The minimum atomic E-state index is -3.87. The van der Waals surface area contributed by atoms with Crippen LogP contribution in [-0.2, 0) is 16.4 Å². The standard InChI is InChI=1S/C23H19ClN2O3S/c1-26(16-17-8-4-2-5-9-17)23-22(30(27,28)20-10-6-3-7-11-20)25-21(29-23)18-12-14-19(24)15-13-18/h2-15H,16H2,1H3. The number of aromatic nitrogens is 1. The molecule has 0 aliphatic heterocycles. The number of rotatable bonds is 6. The molecule has 0 saturated heterocycles. The Morgan fingerprint density at radius 2 is 1.50 bits per heavy atom. The first-order valence-electron chi connectivity index (χ1n) is 9.27. The average Bonchev–Trinajstić information content (AvgIpc) is 3.22. The van der Waals surface area contributed by atoms with Crippen molar-refractivity contribution in [3.8, 4) is 11.5 Å². The molecule has 0 N–H and O–H groups in total. The Labute approximate surface area is 180 Å². The van der Waals surface area contributed by atoms with Gasteiger partial charge in [-0.25, -0.2) is 8.42 Å². The van der Waals surface area contributed by atoms with Gasteiger partial charge in [0.15, 0.2) is 0 Å². The second kappa shape index (κ2) is 8.34. The van der Waals surface area contributed by atoms with Crippen molar-refractivity contribution in [2.24, 2.45) is 0 Å². The summed E-state index contributed by atoms with van der Waals surface area (Å²) in [5, 5.41) is 0.459. The van der Waals surface area contributed by atoms with Crippen LogP contribution in [0.2, 0.25) is 5.02 Å². The Hall–Kier alpha value is -3.09. The molecule has 0 fully saturated rings. The smallest absolute Gasteiger partial charge is 0.236 e. The van der Waals surface area contributed by atoms with Crippen LogP contribution in [0.3, 0.4) is 0 Å². The maximum atomic E-state index is 13.3. The van der Waals surface area contributed by atoms with Crippen molar-refractivity contribution in [2.75, 3.05) is 11.9 Å². The van der Waals surface area contributed by atoms with Crippen molar-refractivity contribution in [1.29, 1.82) is 0 Å². The van der Waals surface area contributed by atoms with E-state index >= 15 is 0 Å². The number of hydrogen-bond donors (Lipinski definition) is 0. The number of hydrogen-bond acceptors (Lipinski definition) is 5. The third-order valence-electron chi connectivity index (χ3n) is 4.59. The fourth-order valence-electron chi connectivity index (χ4n) is 3.07. The summed E-state index contributed by atoms with van der Waals surface area (Å²) in [6.45, 7) is 0.466. The summed E-state index contributed by atoms with van der Waals surface area (Å²) in [4.78, 5) is 6.29. The molecule has 0 spiro atoms. The summed E-state index contributed by atoms with van der Waals surface area (Å²) in [7, 11) is -2.09. The van der Waals surface area contributed by atoms with Gasteiger partial charge in [-0.3, -0.25) is 0 Å². The predicted octanol–water partition coefficient (Wildman–Crippen LogP) is 5.46. The fourth-order valence-corrected chi connectivity index (χ4v) is 4.57.